The highest BCUT2D eigenvalue weighted by Gasteiger charge is 2.32. The number of benzene rings is 1. The number of sulfonamides is 1. The van der Waals surface area contributed by atoms with Crippen LogP contribution in [0, 0.1) is 11.7 Å². The van der Waals surface area contributed by atoms with Crippen LogP contribution in [0.4, 0.5) is 4.39 Å². The molecule has 0 aliphatic carbocycles. The van der Waals surface area contributed by atoms with Gasteiger partial charge in [-0.05, 0) is 49.9 Å². The van der Waals surface area contributed by atoms with Crippen molar-refractivity contribution in [2.75, 3.05) is 26.2 Å². The third kappa shape index (κ3) is 4.37. The molecule has 138 valence electrons. The number of hydrogen-bond acceptors (Lipinski definition) is 4. The molecule has 25 heavy (non-hydrogen) atoms. The first-order chi connectivity index (χ1) is 12.0. The Labute approximate surface area is 148 Å². The normalized spacial score (nSPS) is 21.2. The van der Waals surface area contributed by atoms with Crippen molar-refractivity contribution < 1.29 is 17.6 Å². The van der Waals surface area contributed by atoms with Crippen molar-refractivity contribution in [3.63, 3.8) is 0 Å². The number of carbonyl (C=O) groups is 1. The minimum absolute atomic E-state index is 0.0132. The molecule has 0 aromatic heterocycles. The Balaban J connectivity index is 1.55. The quantitative estimate of drug-likeness (QED) is 0.878. The van der Waals surface area contributed by atoms with Gasteiger partial charge in [0.2, 0.25) is 15.9 Å². The van der Waals surface area contributed by atoms with Crippen LogP contribution in [0.15, 0.2) is 29.2 Å². The molecular formula is C17H24FN3O3S. The molecule has 0 saturated carbocycles. The van der Waals surface area contributed by atoms with E-state index in [1.165, 1.54) is 22.9 Å². The molecular weight excluding hydrogens is 345 g/mol. The molecule has 8 heteroatoms. The molecule has 0 atom stereocenters. The number of nitrogens with one attached hydrogen (secondary N) is 1. The molecule has 1 aromatic rings. The Bertz CT molecular complexity index is 694. The molecule has 3 rings (SSSR count). The number of hydrogen-bond donors (Lipinski definition) is 1. The number of halogens is 1. The van der Waals surface area contributed by atoms with Gasteiger partial charge in [0.1, 0.15) is 5.82 Å². The Kier molecular flexibility index (Phi) is 5.71. The van der Waals surface area contributed by atoms with Crippen molar-refractivity contribution in [2.45, 2.75) is 37.0 Å². The van der Waals surface area contributed by atoms with Crippen molar-refractivity contribution in [1.82, 2.24) is 14.7 Å². The van der Waals surface area contributed by atoms with Crippen LogP contribution in [0.1, 0.15) is 32.1 Å². The van der Waals surface area contributed by atoms with Crippen molar-refractivity contribution in [3.05, 3.63) is 30.1 Å². The summed E-state index contributed by atoms with van der Waals surface area (Å²) >= 11 is 0. The average molecular weight is 369 g/mol. The van der Waals surface area contributed by atoms with Crippen molar-refractivity contribution in [3.8, 4) is 0 Å². The van der Waals surface area contributed by atoms with Gasteiger partial charge in [0, 0.05) is 32.1 Å². The van der Waals surface area contributed by atoms with Crippen LogP contribution in [0.3, 0.4) is 0 Å². The molecule has 1 N–H and O–H groups in total. The summed E-state index contributed by atoms with van der Waals surface area (Å²) in [6.45, 7) is 2.36. The number of rotatable bonds is 4. The Hall–Kier alpha value is -1.51. The van der Waals surface area contributed by atoms with Gasteiger partial charge in [-0.2, -0.15) is 4.31 Å². The Morgan fingerprint density at radius 3 is 2.20 bits per heavy atom. The summed E-state index contributed by atoms with van der Waals surface area (Å²) in [5.41, 5.74) is 2.96. The molecule has 2 heterocycles. The fourth-order valence-corrected chi connectivity index (χ4v) is 4.84. The molecule has 2 aliphatic heterocycles. The maximum absolute atomic E-state index is 13.0. The molecule has 6 nitrogen and oxygen atoms in total. The summed E-state index contributed by atoms with van der Waals surface area (Å²) in [7, 11) is -3.63. The average Bonchev–Trinajstić information content (AvgIpc) is 2.63. The summed E-state index contributed by atoms with van der Waals surface area (Å²) in [4.78, 5) is 12.5. The maximum Gasteiger partial charge on any atom is 0.243 e. The summed E-state index contributed by atoms with van der Waals surface area (Å²) in [5.74, 6) is -0.644. The predicted octanol–water partition coefficient (Wildman–Crippen LogP) is 1.74. The van der Waals surface area contributed by atoms with Crippen molar-refractivity contribution in [2.24, 2.45) is 5.92 Å². The van der Waals surface area contributed by atoms with Gasteiger partial charge in [-0.1, -0.05) is 6.42 Å². The summed E-state index contributed by atoms with van der Waals surface area (Å²) in [5, 5.41) is 1.97. The number of piperidine rings is 2. The number of hydrazine groups is 1. The highest BCUT2D eigenvalue weighted by atomic mass is 32.2. The number of amides is 1. The van der Waals surface area contributed by atoms with Crippen LogP contribution in [0.25, 0.3) is 0 Å². The van der Waals surface area contributed by atoms with E-state index in [0.29, 0.717) is 25.9 Å². The monoisotopic (exact) mass is 369 g/mol. The van der Waals surface area contributed by atoms with Gasteiger partial charge in [-0.25, -0.2) is 17.8 Å². The van der Waals surface area contributed by atoms with E-state index < -0.39 is 15.8 Å². The highest BCUT2D eigenvalue weighted by Crippen LogP contribution is 2.24. The first-order valence-electron chi connectivity index (χ1n) is 8.78. The molecule has 0 bridgehead atoms. The van der Waals surface area contributed by atoms with E-state index in [2.05, 4.69) is 5.43 Å². The van der Waals surface area contributed by atoms with E-state index in [0.717, 1.165) is 38.1 Å². The Morgan fingerprint density at radius 1 is 1.00 bits per heavy atom. The number of nitrogens with zero attached hydrogens (tertiary/aromatic N) is 2. The third-order valence-corrected chi connectivity index (χ3v) is 6.81. The van der Waals surface area contributed by atoms with E-state index in [9.17, 15) is 17.6 Å². The Morgan fingerprint density at radius 2 is 1.60 bits per heavy atom. The second kappa shape index (κ2) is 7.80. The largest absolute Gasteiger partial charge is 0.289 e. The minimum Gasteiger partial charge on any atom is -0.289 e. The van der Waals surface area contributed by atoms with E-state index in [1.807, 2.05) is 5.01 Å². The molecule has 1 aromatic carbocycles. The summed E-state index contributed by atoms with van der Waals surface area (Å²) in [6.07, 6.45) is 4.38. The zero-order chi connectivity index (χ0) is 17.9. The highest BCUT2D eigenvalue weighted by molar-refractivity contribution is 7.89. The van der Waals surface area contributed by atoms with Crippen LogP contribution in [-0.4, -0.2) is 49.8 Å². The van der Waals surface area contributed by atoms with E-state index >= 15 is 0 Å². The molecule has 2 saturated heterocycles. The first kappa shape index (κ1) is 18.3. The predicted molar refractivity (Wildman–Crippen MR) is 91.4 cm³/mol. The van der Waals surface area contributed by atoms with Gasteiger partial charge < -0.3 is 0 Å². The fraction of sp³-hybridized carbons (Fsp3) is 0.588. The van der Waals surface area contributed by atoms with Crippen LogP contribution >= 0.6 is 0 Å². The van der Waals surface area contributed by atoms with Crippen LogP contribution in [0.2, 0.25) is 0 Å². The molecule has 0 spiro atoms. The molecule has 2 aliphatic rings. The molecule has 2 fully saturated rings. The second-order valence-electron chi connectivity index (χ2n) is 6.66. The number of carbonyl (C=O) groups excluding carboxylic acids is 1. The van der Waals surface area contributed by atoms with Crippen molar-refractivity contribution in [1.29, 1.82) is 0 Å². The van der Waals surface area contributed by atoms with E-state index in [1.54, 1.807) is 0 Å². The van der Waals surface area contributed by atoms with Crippen LogP contribution in [-0.2, 0) is 14.8 Å². The summed E-state index contributed by atoms with van der Waals surface area (Å²) < 4.78 is 39.5. The smallest absolute Gasteiger partial charge is 0.243 e. The molecule has 1 amide bonds. The van der Waals surface area contributed by atoms with Crippen LogP contribution < -0.4 is 5.43 Å². The molecule has 0 unspecified atom stereocenters. The van der Waals surface area contributed by atoms with E-state index in [4.69, 9.17) is 0 Å². The van der Waals surface area contributed by atoms with Crippen LogP contribution in [0.5, 0.6) is 0 Å². The fourth-order valence-electron chi connectivity index (χ4n) is 3.37. The van der Waals surface area contributed by atoms with Gasteiger partial charge in [-0.3, -0.25) is 10.2 Å². The lowest BCUT2D eigenvalue weighted by Crippen LogP contribution is -2.49. The van der Waals surface area contributed by atoms with Gasteiger partial charge >= 0.3 is 0 Å². The van der Waals surface area contributed by atoms with Gasteiger partial charge in [0.05, 0.1) is 4.90 Å². The van der Waals surface area contributed by atoms with Gasteiger partial charge in [-0.15, -0.1) is 0 Å². The minimum atomic E-state index is -3.63. The van der Waals surface area contributed by atoms with Gasteiger partial charge in [0.25, 0.3) is 0 Å². The standard InChI is InChI=1S/C17H24FN3O3S/c18-15-4-6-16(7-5-15)25(23,24)21-12-8-14(9-13-21)17(22)19-20-10-2-1-3-11-20/h4-7,14H,1-3,8-13H2,(H,19,22). The lowest BCUT2D eigenvalue weighted by molar-refractivity contribution is -0.131. The van der Waals surface area contributed by atoms with Crippen molar-refractivity contribution >= 4 is 15.9 Å². The van der Waals surface area contributed by atoms with E-state index in [-0.39, 0.29) is 16.7 Å². The SMILES string of the molecule is O=C(NN1CCCCC1)C1CCN(S(=O)(=O)c2ccc(F)cc2)CC1. The topological polar surface area (TPSA) is 69.7 Å². The third-order valence-electron chi connectivity index (χ3n) is 4.90. The zero-order valence-electron chi connectivity index (χ0n) is 14.2. The maximum atomic E-state index is 13.0. The summed E-state index contributed by atoms with van der Waals surface area (Å²) in [6, 6.07) is 4.84. The molecule has 0 radical (unpaired) electrons. The second-order valence-corrected chi connectivity index (χ2v) is 8.59. The first-order valence-corrected chi connectivity index (χ1v) is 10.2. The zero-order valence-corrected chi connectivity index (χ0v) is 15.0. The lowest BCUT2D eigenvalue weighted by Gasteiger charge is -2.33. The lowest BCUT2D eigenvalue weighted by atomic mass is 9.97. The van der Waals surface area contributed by atoms with Gasteiger partial charge in [0.15, 0.2) is 0 Å².